The molecule has 1 aromatic carbocycles. The minimum atomic E-state index is 0.323. The first-order valence-electron chi connectivity index (χ1n) is 6.98. The summed E-state index contributed by atoms with van der Waals surface area (Å²) in [5.41, 5.74) is 0.353. The van der Waals surface area contributed by atoms with Crippen molar-refractivity contribution < 1.29 is 4.74 Å². The molecule has 1 nitrogen and oxygen atoms in total. The maximum atomic E-state index is 5.98. The highest BCUT2D eigenvalue weighted by Crippen LogP contribution is 2.55. The first kappa shape index (κ1) is 12.6. The van der Waals surface area contributed by atoms with Gasteiger partial charge in [-0.2, -0.15) is 0 Å². The summed E-state index contributed by atoms with van der Waals surface area (Å²) in [6, 6.07) is 10.8. The molecule has 0 bridgehead atoms. The second kappa shape index (κ2) is 4.57. The Morgan fingerprint density at radius 3 is 2.28 bits per heavy atom. The highest BCUT2D eigenvalue weighted by atomic mass is 32.2. The Kier molecular flexibility index (Phi) is 3.19. The van der Waals surface area contributed by atoms with Crippen LogP contribution in [0.3, 0.4) is 0 Å². The van der Waals surface area contributed by atoms with Gasteiger partial charge in [0, 0.05) is 15.1 Å². The zero-order valence-electron chi connectivity index (χ0n) is 11.3. The summed E-state index contributed by atoms with van der Waals surface area (Å²) >= 11 is 2.06. The fourth-order valence-electron chi connectivity index (χ4n) is 3.48. The monoisotopic (exact) mass is 262 g/mol. The van der Waals surface area contributed by atoms with Crippen molar-refractivity contribution in [3.8, 4) is 0 Å². The van der Waals surface area contributed by atoms with Gasteiger partial charge in [0.05, 0.1) is 12.7 Å². The van der Waals surface area contributed by atoms with Crippen LogP contribution in [0.2, 0.25) is 0 Å². The van der Waals surface area contributed by atoms with Gasteiger partial charge in [0.2, 0.25) is 0 Å². The lowest BCUT2D eigenvalue weighted by molar-refractivity contribution is -0.183. The van der Waals surface area contributed by atoms with Crippen molar-refractivity contribution in [2.45, 2.75) is 55.3 Å². The van der Waals surface area contributed by atoms with E-state index in [4.69, 9.17) is 4.74 Å². The predicted octanol–water partition coefficient (Wildman–Crippen LogP) is 4.52. The molecule has 2 aliphatic rings. The summed E-state index contributed by atoms with van der Waals surface area (Å²) in [6.07, 6.45) is 5.75. The number of rotatable bonds is 3. The largest absolute Gasteiger partial charge is 0.375 e. The van der Waals surface area contributed by atoms with Gasteiger partial charge in [0.25, 0.3) is 0 Å². The number of hydrogen-bond donors (Lipinski definition) is 0. The minimum absolute atomic E-state index is 0.323. The molecule has 1 saturated carbocycles. The zero-order chi connectivity index (χ0) is 12.6. The maximum absolute atomic E-state index is 5.98. The molecule has 1 aliphatic heterocycles. The Morgan fingerprint density at radius 1 is 1.11 bits per heavy atom. The van der Waals surface area contributed by atoms with Gasteiger partial charge in [-0.1, -0.05) is 44.9 Å². The molecule has 1 aromatic rings. The summed E-state index contributed by atoms with van der Waals surface area (Å²) in [4.78, 5) is 1.39. The summed E-state index contributed by atoms with van der Waals surface area (Å²) in [6.45, 7) is 5.63. The average Bonchev–Trinajstić information content (AvgIpc) is 2.78. The quantitative estimate of drug-likeness (QED) is 0.792. The highest BCUT2D eigenvalue weighted by molar-refractivity contribution is 8.00. The van der Waals surface area contributed by atoms with Crippen LogP contribution in [0.4, 0.5) is 0 Å². The Balaban J connectivity index is 1.84. The van der Waals surface area contributed by atoms with Crippen molar-refractivity contribution >= 4 is 11.8 Å². The van der Waals surface area contributed by atoms with Gasteiger partial charge >= 0.3 is 0 Å². The Bertz CT molecular complexity index is 406. The fourth-order valence-corrected chi connectivity index (χ4v) is 5.23. The molecule has 3 rings (SSSR count). The molecule has 0 aromatic heterocycles. The Labute approximate surface area is 114 Å². The number of hydrogen-bond acceptors (Lipinski definition) is 2. The molecule has 1 atom stereocenters. The van der Waals surface area contributed by atoms with Crippen molar-refractivity contribution in [2.75, 3.05) is 6.61 Å². The van der Waals surface area contributed by atoms with Crippen molar-refractivity contribution in [3.63, 3.8) is 0 Å². The molecule has 98 valence electrons. The van der Waals surface area contributed by atoms with Gasteiger partial charge in [-0.15, -0.1) is 11.8 Å². The summed E-state index contributed by atoms with van der Waals surface area (Å²) in [5.74, 6) is 0. The first-order valence-corrected chi connectivity index (χ1v) is 7.80. The number of benzene rings is 1. The molecule has 0 N–H and O–H groups in total. The molecule has 2 heteroatoms. The molecule has 0 spiro atoms. The second-order valence-corrected chi connectivity index (χ2v) is 7.86. The SMILES string of the molecule is CC1(C)COC1C1(Sc2ccccc2)CCCC1. The normalized spacial score (nSPS) is 28.9. The Morgan fingerprint density at radius 2 is 1.78 bits per heavy atom. The van der Waals surface area contributed by atoms with Gasteiger partial charge < -0.3 is 4.74 Å². The third kappa shape index (κ3) is 2.10. The second-order valence-electron chi connectivity index (χ2n) is 6.37. The van der Waals surface area contributed by atoms with E-state index in [9.17, 15) is 0 Å². The predicted molar refractivity (Wildman–Crippen MR) is 77.0 cm³/mol. The third-order valence-electron chi connectivity index (χ3n) is 4.32. The summed E-state index contributed by atoms with van der Waals surface area (Å²) in [5, 5.41) is 0. The van der Waals surface area contributed by atoms with Crippen molar-refractivity contribution in [1.29, 1.82) is 0 Å². The van der Waals surface area contributed by atoms with Gasteiger partial charge in [-0.3, -0.25) is 0 Å². The van der Waals surface area contributed by atoms with Crippen LogP contribution in [0.25, 0.3) is 0 Å². The van der Waals surface area contributed by atoms with Crippen LogP contribution in [-0.4, -0.2) is 17.5 Å². The third-order valence-corrected chi connectivity index (χ3v) is 5.86. The zero-order valence-corrected chi connectivity index (χ0v) is 12.1. The Hall–Kier alpha value is -0.470. The lowest BCUT2D eigenvalue weighted by Crippen LogP contribution is -2.58. The average molecular weight is 262 g/mol. The molecule has 1 heterocycles. The topological polar surface area (TPSA) is 9.23 Å². The molecule has 1 aliphatic carbocycles. The molecule has 0 radical (unpaired) electrons. The van der Waals surface area contributed by atoms with Crippen LogP contribution in [0.15, 0.2) is 35.2 Å². The molecule has 0 amide bonds. The highest BCUT2D eigenvalue weighted by Gasteiger charge is 2.54. The molecule has 18 heavy (non-hydrogen) atoms. The van der Waals surface area contributed by atoms with E-state index in [0.29, 0.717) is 16.3 Å². The van der Waals surface area contributed by atoms with E-state index in [1.54, 1.807) is 0 Å². The van der Waals surface area contributed by atoms with Crippen LogP contribution in [0.5, 0.6) is 0 Å². The smallest absolute Gasteiger partial charge is 0.0798 e. The first-order chi connectivity index (χ1) is 8.62. The van der Waals surface area contributed by atoms with Crippen LogP contribution in [0.1, 0.15) is 39.5 Å². The van der Waals surface area contributed by atoms with Gasteiger partial charge in [-0.25, -0.2) is 0 Å². The molecular formula is C16H22OS. The van der Waals surface area contributed by atoms with Crippen molar-refractivity contribution in [1.82, 2.24) is 0 Å². The molecule has 2 fully saturated rings. The molecular weight excluding hydrogens is 240 g/mol. The number of thioether (sulfide) groups is 1. The van der Waals surface area contributed by atoms with E-state index >= 15 is 0 Å². The van der Waals surface area contributed by atoms with E-state index < -0.39 is 0 Å². The van der Waals surface area contributed by atoms with Gasteiger partial charge in [-0.05, 0) is 25.0 Å². The van der Waals surface area contributed by atoms with Crippen molar-refractivity contribution in [2.24, 2.45) is 5.41 Å². The van der Waals surface area contributed by atoms with E-state index in [0.717, 1.165) is 6.61 Å². The van der Waals surface area contributed by atoms with Gasteiger partial charge in [0.15, 0.2) is 0 Å². The maximum Gasteiger partial charge on any atom is 0.0798 e. The molecule has 1 saturated heterocycles. The fraction of sp³-hybridized carbons (Fsp3) is 0.625. The van der Waals surface area contributed by atoms with E-state index in [2.05, 4.69) is 55.9 Å². The van der Waals surface area contributed by atoms with Crippen LogP contribution in [0, 0.1) is 5.41 Å². The van der Waals surface area contributed by atoms with Gasteiger partial charge in [0.1, 0.15) is 0 Å². The standard InChI is InChI=1S/C16H22OS/c1-15(2)12-17-14(15)16(10-6-7-11-16)18-13-8-4-3-5-9-13/h3-5,8-9,14H,6-7,10-12H2,1-2H3. The van der Waals surface area contributed by atoms with E-state index in [1.807, 2.05) is 0 Å². The van der Waals surface area contributed by atoms with Crippen LogP contribution < -0.4 is 0 Å². The number of ether oxygens (including phenoxy) is 1. The lowest BCUT2D eigenvalue weighted by atomic mass is 9.74. The summed E-state index contributed by atoms with van der Waals surface area (Å²) < 4.78 is 6.31. The van der Waals surface area contributed by atoms with E-state index in [-0.39, 0.29) is 0 Å². The van der Waals surface area contributed by atoms with Crippen LogP contribution in [-0.2, 0) is 4.74 Å². The minimum Gasteiger partial charge on any atom is -0.375 e. The van der Waals surface area contributed by atoms with E-state index in [1.165, 1.54) is 30.6 Å². The van der Waals surface area contributed by atoms with Crippen molar-refractivity contribution in [3.05, 3.63) is 30.3 Å². The van der Waals surface area contributed by atoms with Crippen LogP contribution >= 0.6 is 11.8 Å². The summed E-state index contributed by atoms with van der Waals surface area (Å²) in [7, 11) is 0. The lowest BCUT2D eigenvalue weighted by Gasteiger charge is -2.53. The molecule has 1 unspecified atom stereocenters.